The fourth-order valence-electron chi connectivity index (χ4n) is 3.50. The molecule has 1 saturated carbocycles. The van der Waals surface area contributed by atoms with Crippen LogP contribution in [0.5, 0.6) is 5.75 Å². The van der Waals surface area contributed by atoms with Crippen LogP contribution in [0.3, 0.4) is 0 Å². The number of hydrogen-bond donors (Lipinski definition) is 1. The van der Waals surface area contributed by atoms with Gasteiger partial charge in [0.2, 0.25) is 6.41 Å². The van der Waals surface area contributed by atoms with E-state index in [2.05, 4.69) is 10.3 Å². The number of nitrogens with one attached hydrogen (secondary N) is 1. The van der Waals surface area contributed by atoms with Gasteiger partial charge in [0, 0.05) is 30.7 Å². The molecule has 156 valence electrons. The van der Waals surface area contributed by atoms with Crippen LogP contribution >= 0.6 is 12.0 Å². The molecule has 0 bridgehead atoms. The van der Waals surface area contributed by atoms with Crippen LogP contribution in [0, 0.1) is 0 Å². The summed E-state index contributed by atoms with van der Waals surface area (Å²) in [4.78, 5) is 17.4. The Bertz CT molecular complexity index is 797. The SMILES string of the molecule is CCSOc1ccc2c(c1)N(C=O)Cc1cccnc1N2.COC1CCCCC1. The molecule has 1 N–H and O–H groups in total. The van der Waals surface area contributed by atoms with Crippen LogP contribution < -0.4 is 14.4 Å². The molecule has 2 aliphatic rings. The minimum Gasteiger partial charge on any atom is -0.426 e. The fourth-order valence-corrected chi connectivity index (χ4v) is 3.86. The smallest absolute Gasteiger partial charge is 0.214 e. The van der Waals surface area contributed by atoms with E-state index >= 15 is 0 Å². The van der Waals surface area contributed by atoms with E-state index < -0.39 is 0 Å². The first kappa shape index (κ1) is 21.5. The topological polar surface area (TPSA) is 63.7 Å². The number of benzene rings is 1. The van der Waals surface area contributed by atoms with Crippen LogP contribution in [-0.2, 0) is 16.1 Å². The number of fused-ring (bicyclic) bond motifs is 2. The summed E-state index contributed by atoms with van der Waals surface area (Å²) in [6, 6.07) is 9.48. The average molecular weight is 416 g/mol. The third-order valence-corrected chi connectivity index (χ3v) is 5.60. The van der Waals surface area contributed by atoms with E-state index in [1.165, 1.54) is 44.1 Å². The summed E-state index contributed by atoms with van der Waals surface area (Å²) in [5.74, 6) is 2.37. The lowest BCUT2D eigenvalue weighted by Gasteiger charge is -2.19. The molecule has 0 radical (unpaired) electrons. The van der Waals surface area contributed by atoms with Gasteiger partial charge in [-0.3, -0.25) is 4.79 Å². The first-order valence-corrected chi connectivity index (χ1v) is 11.1. The third kappa shape index (κ3) is 5.87. The third-order valence-electron chi connectivity index (χ3n) is 5.05. The molecule has 6 nitrogen and oxygen atoms in total. The molecular formula is C22H29N3O3S. The molecule has 0 saturated heterocycles. The lowest BCUT2D eigenvalue weighted by Crippen LogP contribution is -2.19. The fraction of sp³-hybridized carbons (Fsp3) is 0.455. The van der Waals surface area contributed by atoms with Gasteiger partial charge in [0.1, 0.15) is 11.6 Å². The Labute approximate surface area is 177 Å². The molecule has 1 fully saturated rings. The highest BCUT2D eigenvalue weighted by Crippen LogP contribution is 2.37. The van der Waals surface area contributed by atoms with Crippen molar-refractivity contribution in [2.45, 2.75) is 51.7 Å². The van der Waals surface area contributed by atoms with E-state index in [9.17, 15) is 4.79 Å². The number of hydrogen-bond acceptors (Lipinski definition) is 6. The van der Waals surface area contributed by atoms with E-state index in [1.54, 1.807) is 11.1 Å². The quantitative estimate of drug-likeness (QED) is 0.527. The highest BCUT2D eigenvalue weighted by Gasteiger charge is 2.20. The zero-order chi connectivity index (χ0) is 20.5. The van der Waals surface area contributed by atoms with Crippen LogP contribution in [0.4, 0.5) is 17.2 Å². The van der Waals surface area contributed by atoms with Crippen molar-refractivity contribution in [3.05, 3.63) is 42.1 Å². The molecule has 2 aromatic rings. The Morgan fingerprint density at radius 1 is 1.28 bits per heavy atom. The van der Waals surface area contributed by atoms with Gasteiger partial charge in [-0.05, 0) is 31.0 Å². The molecule has 0 spiro atoms. The largest absolute Gasteiger partial charge is 0.426 e. The normalized spacial score (nSPS) is 15.7. The second-order valence-corrected chi connectivity index (χ2v) is 8.01. The summed E-state index contributed by atoms with van der Waals surface area (Å²) in [5.41, 5.74) is 2.61. The Morgan fingerprint density at radius 2 is 2.10 bits per heavy atom. The number of methoxy groups -OCH3 is 1. The van der Waals surface area contributed by atoms with Gasteiger partial charge in [-0.2, -0.15) is 0 Å². The van der Waals surface area contributed by atoms with E-state index in [4.69, 9.17) is 8.92 Å². The molecule has 1 amide bonds. The van der Waals surface area contributed by atoms with Crippen LogP contribution in [-0.4, -0.2) is 30.4 Å². The maximum absolute atomic E-state index is 11.4. The molecule has 2 heterocycles. The monoisotopic (exact) mass is 415 g/mol. The number of ether oxygens (including phenoxy) is 1. The maximum atomic E-state index is 11.4. The number of amides is 1. The van der Waals surface area contributed by atoms with Crippen molar-refractivity contribution in [3.63, 3.8) is 0 Å². The van der Waals surface area contributed by atoms with Crippen molar-refractivity contribution in [1.82, 2.24) is 4.98 Å². The summed E-state index contributed by atoms with van der Waals surface area (Å²) in [5, 5.41) is 3.28. The number of anilines is 3. The summed E-state index contributed by atoms with van der Waals surface area (Å²) in [6.07, 6.45) is 9.89. The van der Waals surface area contributed by atoms with Crippen molar-refractivity contribution in [1.29, 1.82) is 0 Å². The second kappa shape index (κ2) is 11.1. The van der Waals surface area contributed by atoms with Crippen molar-refractivity contribution < 1.29 is 13.7 Å². The van der Waals surface area contributed by atoms with E-state index in [0.29, 0.717) is 12.6 Å². The Hall–Kier alpha value is -2.25. The maximum Gasteiger partial charge on any atom is 0.214 e. The number of nitrogens with zero attached hydrogens (tertiary/aromatic N) is 2. The van der Waals surface area contributed by atoms with Crippen molar-refractivity contribution in [2.75, 3.05) is 23.1 Å². The second-order valence-electron chi connectivity index (χ2n) is 7.03. The number of carbonyl (C=O) groups is 1. The first-order chi connectivity index (χ1) is 14.2. The van der Waals surface area contributed by atoms with Crippen molar-refractivity contribution >= 4 is 35.6 Å². The van der Waals surface area contributed by atoms with Crippen LogP contribution in [0.25, 0.3) is 0 Å². The Balaban J connectivity index is 0.000000252. The summed E-state index contributed by atoms with van der Waals surface area (Å²) in [7, 11) is 1.82. The van der Waals surface area contributed by atoms with Crippen LogP contribution in [0.1, 0.15) is 44.6 Å². The molecule has 0 atom stereocenters. The van der Waals surface area contributed by atoms with Crippen molar-refractivity contribution in [2.24, 2.45) is 0 Å². The van der Waals surface area contributed by atoms with E-state index in [0.717, 1.165) is 40.7 Å². The molecular weight excluding hydrogens is 386 g/mol. The Morgan fingerprint density at radius 3 is 2.79 bits per heavy atom. The number of carbonyl (C=O) groups excluding carboxylic acids is 1. The zero-order valence-electron chi connectivity index (χ0n) is 17.1. The number of aromatic nitrogens is 1. The van der Waals surface area contributed by atoms with E-state index in [-0.39, 0.29) is 0 Å². The van der Waals surface area contributed by atoms with Gasteiger partial charge in [0.05, 0.1) is 36.1 Å². The molecule has 1 aromatic carbocycles. The van der Waals surface area contributed by atoms with Crippen LogP contribution in [0.2, 0.25) is 0 Å². The van der Waals surface area contributed by atoms with Gasteiger partial charge in [0.15, 0.2) is 0 Å². The molecule has 4 rings (SSSR count). The Kier molecular flexibility index (Phi) is 8.19. The molecule has 7 heteroatoms. The highest BCUT2D eigenvalue weighted by atomic mass is 32.2. The zero-order valence-corrected chi connectivity index (χ0v) is 17.9. The number of pyridine rings is 1. The molecule has 0 unspecified atom stereocenters. The van der Waals surface area contributed by atoms with Crippen molar-refractivity contribution in [3.8, 4) is 5.75 Å². The van der Waals surface area contributed by atoms with Gasteiger partial charge in [0.25, 0.3) is 0 Å². The van der Waals surface area contributed by atoms with Gasteiger partial charge in [-0.1, -0.05) is 32.3 Å². The molecule has 1 aliphatic carbocycles. The molecule has 1 aromatic heterocycles. The summed E-state index contributed by atoms with van der Waals surface area (Å²) in [6.45, 7) is 2.51. The van der Waals surface area contributed by atoms with Gasteiger partial charge in [-0.15, -0.1) is 0 Å². The molecule has 1 aliphatic heterocycles. The van der Waals surface area contributed by atoms with Gasteiger partial charge in [-0.25, -0.2) is 4.98 Å². The summed E-state index contributed by atoms with van der Waals surface area (Å²) < 4.78 is 10.8. The average Bonchev–Trinajstić information content (AvgIpc) is 2.94. The first-order valence-electron chi connectivity index (χ1n) is 10.1. The minimum atomic E-state index is 0.483. The van der Waals surface area contributed by atoms with E-state index in [1.807, 2.05) is 44.4 Å². The predicted molar refractivity (Wildman–Crippen MR) is 119 cm³/mol. The minimum absolute atomic E-state index is 0.483. The predicted octanol–water partition coefficient (Wildman–Crippen LogP) is 5.31. The summed E-state index contributed by atoms with van der Waals surface area (Å²) >= 11 is 1.37. The van der Waals surface area contributed by atoms with Crippen LogP contribution in [0.15, 0.2) is 36.5 Å². The molecule has 29 heavy (non-hydrogen) atoms. The van der Waals surface area contributed by atoms with Gasteiger partial charge >= 0.3 is 0 Å². The standard InChI is InChI=1S/C15H15N3O2S.C7H14O/c1-2-21-20-12-5-6-13-14(8-12)18(10-19)9-11-4-3-7-16-15(11)17-13;1-8-7-5-3-2-4-6-7/h3-8,10H,2,9H2,1H3,(H,16,17);7H,2-6H2,1H3. The van der Waals surface area contributed by atoms with Gasteiger partial charge < -0.3 is 19.1 Å². The lowest BCUT2D eigenvalue weighted by atomic mass is 9.98. The highest BCUT2D eigenvalue weighted by molar-refractivity contribution is 7.94. The lowest BCUT2D eigenvalue weighted by molar-refractivity contribution is -0.107. The number of rotatable bonds is 5.